The van der Waals surface area contributed by atoms with Gasteiger partial charge >= 0.3 is 11.9 Å². The van der Waals surface area contributed by atoms with Crippen LogP contribution in [0.4, 0.5) is 0 Å². The number of fused-ring (bicyclic) bond motifs is 1. The molecule has 0 unspecified atom stereocenters. The highest BCUT2D eigenvalue weighted by atomic mass is 16.6. The molecule has 2 aliphatic carbocycles. The Morgan fingerprint density at radius 2 is 2.13 bits per heavy atom. The van der Waals surface area contributed by atoms with Crippen molar-refractivity contribution in [1.29, 1.82) is 0 Å². The first-order valence-corrected chi connectivity index (χ1v) is 11.2. The topological polar surface area (TPSA) is 93.1 Å². The number of aliphatic hydroxyl groups excluding tert-OH is 2. The second-order valence-electron chi connectivity index (χ2n) is 9.99. The molecule has 1 heterocycles. The number of hydrogen-bond acceptors (Lipinski definition) is 6. The Balaban J connectivity index is 1.88. The maximum absolute atomic E-state index is 12.5. The lowest BCUT2D eigenvalue weighted by Gasteiger charge is -2.61. The van der Waals surface area contributed by atoms with Crippen LogP contribution in [-0.2, 0) is 19.1 Å². The van der Waals surface area contributed by atoms with Gasteiger partial charge < -0.3 is 19.7 Å². The monoisotopic (exact) mass is 432 g/mol. The third kappa shape index (κ3) is 4.24. The van der Waals surface area contributed by atoms with Crippen molar-refractivity contribution in [3.05, 3.63) is 35.5 Å². The minimum absolute atomic E-state index is 0.0584. The summed E-state index contributed by atoms with van der Waals surface area (Å²) in [5, 5.41) is 21.6. The minimum Gasteiger partial charge on any atom is -0.458 e. The van der Waals surface area contributed by atoms with Crippen LogP contribution in [0.25, 0.3) is 0 Å². The van der Waals surface area contributed by atoms with Crippen molar-refractivity contribution in [1.82, 2.24) is 0 Å². The Labute approximate surface area is 185 Å². The van der Waals surface area contributed by atoms with Crippen molar-refractivity contribution >= 4 is 11.9 Å². The molecule has 0 saturated heterocycles. The predicted molar refractivity (Wildman–Crippen MR) is 117 cm³/mol. The Kier molecular flexibility index (Phi) is 6.82. The fourth-order valence-corrected chi connectivity index (χ4v) is 6.27. The van der Waals surface area contributed by atoms with E-state index in [-0.39, 0.29) is 29.8 Å². The van der Waals surface area contributed by atoms with Crippen LogP contribution in [0.2, 0.25) is 0 Å². The minimum atomic E-state index is -0.879. The van der Waals surface area contributed by atoms with Crippen molar-refractivity contribution in [2.75, 3.05) is 13.2 Å². The van der Waals surface area contributed by atoms with Crippen LogP contribution in [0.15, 0.2) is 35.5 Å². The van der Waals surface area contributed by atoms with Gasteiger partial charge in [-0.1, -0.05) is 32.1 Å². The SMILES string of the molecule is C=C1CC[C@H]2[C@](C)(C[C@H](O)[C@@H](OC(=O)/C(C)=C\C)[C@]2(C)CO)[C@@H]1CCC1=CC(=O)OC1. The first-order chi connectivity index (χ1) is 14.6. The molecule has 6 heteroatoms. The molecule has 3 rings (SSSR count). The van der Waals surface area contributed by atoms with E-state index in [1.54, 1.807) is 26.0 Å². The number of esters is 2. The van der Waals surface area contributed by atoms with Crippen molar-refractivity contribution in [2.45, 2.75) is 72.0 Å². The molecular formula is C25H36O6. The number of carbonyl (C=O) groups is 2. The average molecular weight is 433 g/mol. The van der Waals surface area contributed by atoms with Gasteiger partial charge in [0.05, 0.1) is 12.7 Å². The Bertz CT molecular complexity index is 811. The number of allylic oxidation sites excluding steroid dienone is 2. The number of rotatable bonds is 6. The normalized spacial score (nSPS) is 38.4. The van der Waals surface area contributed by atoms with Gasteiger partial charge in [0.2, 0.25) is 0 Å². The van der Waals surface area contributed by atoms with E-state index in [2.05, 4.69) is 13.5 Å². The average Bonchev–Trinajstić information content (AvgIpc) is 3.14. The number of ether oxygens (including phenoxy) is 2. The molecule has 2 fully saturated rings. The summed E-state index contributed by atoms with van der Waals surface area (Å²) in [6, 6.07) is 0. The zero-order valence-corrected chi connectivity index (χ0v) is 19.1. The highest BCUT2D eigenvalue weighted by molar-refractivity contribution is 5.87. The summed E-state index contributed by atoms with van der Waals surface area (Å²) in [4.78, 5) is 23.9. The number of hydrogen-bond donors (Lipinski definition) is 2. The summed E-state index contributed by atoms with van der Waals surface area (Å²) in [5.74, 6) is -0.548. The standard InChI is InChI=1S/C25H36O6/c1-6-15(2)23(29)31-22-19(27)12-24(4)18(9-8-17-11-21(28)30-13-17)16(3)7-10-20(24)25(22,5)14-26/h6,11,18-20,22,26-27H,3,7-10,12-14H2,1-2,4-5H3/b15-6-/t18-,19+,20+,22-,24-,25-/m1/s1. The molecule has 0 spiro atoms. The van der Waals surface area contributed by atoms with E-state index >= 15 is 0 Å². The van der Waals surface area contributed by atoms with Gasteiger partial charge in [-0.15, -0.1) is 0 Å². The van der Waals surface area contributed by atoms with Crippen LogP contribution in [0.3, 0.4) is 0 Å². The van der Waals surface area contributed by atoms with Crippen LogP contribution in [0.5, 0.6) is 0 Å². The molecule has 0 amide bonds. The van der Waals surface area contributed by atoms with Gasteiger partial charge in [-0.3, -0.25) is 0 Å². The molecule has 0 radical (unpaired) electrons. The van der Waals surface area contributed by atoms with Crippen molar-refractivity contribution in [3.8, 4) is 0 Å². The fourth-order valence-electron chi connectivity index (χ4n) is 6.27. The molecule has 6 nitrogen and oxygen atoms in total. The third-order valence-corrected chi connectivity index (χ3v) is 8.09. The summed E-state index contributed by atoms with van der Waals surface area (Å²) < 4.78 is 10.8. The molecule has 0 aromatic rings. The van der Waals surface area contributed by atoms with Gasteiger partial charge in [0.25, 0.3) is 0 Å². The lowest BCUT2D eigenvalue weighted by Crippen LogP contribution is -2.63. The Morgan fingerprint density at radius 1 is 1.42 bits per heavy atom. The summed E-state index contributed by atoms with van der Waals surface area (Å²) in [6.45, 7) is 12.1. The van der Waals surface area contributed by atoms with Crippen LogP contribution in [0.1, 0.15) is 59.8 Å². The molecule has 3 aliphatic rings. The first-order valence-electron chi connectivity index (χ1n) is 11.2. The summed E-state index contributed by atoms with van der Waals surface area (Å²) in [7, 11) is 0. The summed E-state index contributed by atoms with van der Waals surface area (Å²) in [5.41, 5.74) is 1.56. The molecule has 0 aromatic heterocycles. The van der Waals surface area contributed by atoms with Crippen LogP contribution in [0, 0.1) is 22.7 Å². The fraction of sp³-hybridized carbons (Fsp3) is 0.680. The first kappa shape index (κ1) is 23.7. The summed E-state index contributed by atoms with van der Waals surface area (Å²) >= 11 is 0. The van der Waals surface area contributed by atoms with Crippen molar-refractivity contribution in [3.63, 3.8) is 0 Å². The van der Waals surface area contributed by atoms with Crippen molar-refractivity contribution < 1.29 is 29.3 Å². The number of carbonyl (C=O) groups excluding carboxylic acids is 2. The van der Waals surface area contributed by atoms with E-state index in [1.165, 1.54) is 0 Å². The van der Waals surface area contributed by atoms with Gasteiger partial charge in [0.1, 0.15) is 12.7 Å². The molecule has 6 atom stereocenters. The molecule has 2 N–H and O–H groups in total. The number of aliphatic hydroxyl groups is 2. The van der Waals surface area contributed by atoms with E-state index in [4.69, 9.17) is 9.47 Å². The molecule has 31 heavy (non-hydrogen) atoms. The van der Waals surface area contributed by atoms with E-state index in [0.29, 0.717) is 18.6 Å². The Hall–Kier alpha value is -1.92. The lowest BCUT2D eigenvalue weighted by molar-refractivity contribution is -0.216. The molecule has 0 aromatic carbocycles. The highest BCUT2D eigenvalue weighted by Gasteiger charge is 2.61. The second-order valence-corrected chi connectivity index (χ2v) is 9.99. The van der Waals surface area contributed by atoms with Gasteiger partial charge in [-0.05, 0) is 68.8 Å². The van der Waals surface area contributed by atoms with Crippen LogP contribution >= 0.6 is 0 Å². The van der Waals surface area contributed by atoms with Gasteiger partial charge in [0.15, 0.2) is 0 Å². The molecular weight excluding hydrogens is 396 g/mol. The van der Waals surface area contributed by atoms with Gasteiger partial charge in [0, 0.05) is 17.1 Å². The quantitative estimate of drug-likeness (QED) is 0.379. The maximum Gasteiger partial charge on any atom is 0.333 e. The van der Waals surface area contributed by atoms with Crippen LogP contribution < -0.4 is 0 Å². The zero-order chi connectivity index (χ0) is 23.0. The lowest BCUT2D eigenvalue weighted by atomic mass is 9.45. The maximum atomic E-state index is 12.5. The highest BCUT2D eigenvalue weighted by Crippen LogP contribution is 2.62. The largest absolute Gasteiger partial charge is 0.458 e. The van der Waals surface area contributed by atoms with E-state index in [1.807, 2.05) is 6.92 Å². The predicted octanol–water partition coefficient (Wildman–Crippen LogP) is 3.48. The van der Waals surface area contributed by atoms with Gasteiger partial charge in [-0.25, -0.2) is 9.59 Å². The van der Waals surface area contributed by atoms with E-state index < -0.39 is 23.6 Å². The third-order valence-electron chi connectivity index (χ3n) is 8.09. The Morgan fingerprint density at radius 3 is 2.71 bits per heavy atom. The van der Waals surface area contributed by atoms with Gasteiger partial charge in [-0.2, -0.15) is 0 Å². The van der Waals surface area contributed by atoms with Crippen molar-refractivity contribution in [2.24, 2.45) is 22.7 Å². The molecule has 2 saturated carbocycles. The zero-order valence-electron chi connectivity index (χ0n) is 19.1. The van der Waals surface area contributed by atoms with E-state index in [0.717, 1.165) is 36.8 Å². The summed E-state index contributed by atoms with van der Waals surface area (Å²) in [6.07, 6.45) is 5.29. The smallest absolute Gasteiger partial charge is 0.333 e. The molecule has 0 bridgehead atoms. The van der Waals surface area contributed by atoms with Crippen LogP contribution in [-0.4, -0.2) is 47.6 Å². The molecule has 172 valence electrons. The number of cyclic esters (lactones) is 1. The van der Waals surface area contributed by atoms with E-state index in [9.17, 15) is 19.8 Å². The molecule has 1 aliphatic heterocycles. The second kappa shape index (κ2) is 8.91.